The Morgan fingerprint density at radius 1 is 1.17 bits per heavy atom. The molecule has 1 aliphatic heterocycles. The second-order valence-corrected chi connectivity index (χ2v) is 7.23. The van der Waals surface area contributed by atoms with E-state index in [4.69, 9.17) is 9.84 Å². The van der Waals surface area contributed by atoms with E-state index in [1.165, 1.54) is 12.1 Å². The fourth-order valence-electron chi connectivity index (χ4n) is 3.53. The molecule has 0 aromatic heterocycles. The zero-order valence-corrected chi connectivity index (χ0v) is 16.6. The van der Waals surface area contributed by atoms with Crippen molar-refractivity contribution in [3.8, 4) is 5.75 Å². The van der Waals surface area contributed by atoms with Crippen LogP contribution in [0.15, 0.2) is 48.5 Å². The Labute approximate surface area is 170 Å². The third-order valence-corrected chi connectivity index (χ3v) is 4.97. The van der Waals surface area contributed by atoms with Gasteiger partial charge in [0.25, 0.3) is 0 Å². The number of aryl methyl sites for hydroxylation is 1. The molecule has 1 heterocycles. The van der Waals surface area contributed by atoms with Gasteiger partial charge in [0.2, 0.25) is 5.91 Å². The zero-order valence-electron chi connectivity index (χ0n) is 16.6. The summed E-state index contributed by atoms with van der Waals surface area (Å²) in [5.41, 5.74) is 2.07. The molecule has 1 aliphatic rings. The van der Waals surface area contributed by atoms with Crippen molar-refractivity contribution in [1.82, 2.24) is 4.90 Å². The highest BCUT2D eigenvalue weighted by Crippen LogP contribution is 2.21. The molecule has 1 amide bonds. The molecule has 29 heavy (non-hydrogen) atoms. The number of carboxylic acid groups (broad SMARTS) is 1. The van der Waals surface area contributed by atoms with Crippen LogP contribution in [0.1, 0.15) is 22.8 Å². The summed E-state index contributed by atoms with van der Waals surface area (Å²) in [5, 5.41) is 19.4. The van der Waals surface area contributed by atoms with Crippen LogP contribution in [0.4, 0.5) is 5.69 Å². The quantitative estimate of drug-likeness (QED) is 0.743. The lowest BCUT2D eigenvalue weighted by Gasteiger charge is -2.24. The van der Waals surface area contributed by atoms with Gasteiger partial charge in [-0.3, -0.25) is 9.69 Å². The van der Waals surface area contributed by atoms with E-state index >= 15 is 0 Å². The number of ether oxygens (including phenoxy) is 1. The molecular formula is C22H26N2O5. The standard InChI is InChI=1S/C22H26N2O5/c1-3-24(17-8-4-6-15(2)10-17)21(26)14-23-12-19(25)20(13-23)29-18-9-5-7-16(11-18)22(27)28/h4-11,19-20,25H,3,12-14H2,1-2H3,(H,27,28)/t19-,20-/m1/s1. The summed E-state index contributed by atoms with van der Waals surface area (Å²) in [7, 11) is 0. The average Bonchev–Trinajstić information content (AvgIpc) is 3.01. The van der Waals surface area contributed by atoms with Crippen molar-refractivity contribution >= 4 is 17.6 Å². The minimum absolute atomic E-state index is 0.0428. The topological polar surface area (TPSA) is 90.3 Å². The molecule has 7 nitrogen and oxygen atoms in total. The van der Waals surface area contributed by atoms with Crippen molar-refractivity contribution in [2.75, 3.05) is 31.1 Å². The SMILES string of the molecule is CCN(C(=O)CN1C[C@@H](O)[C@H](Oc2cccc(C(=O)O)c2)C1)c1cccc(C)c1. The number of carboxylic acids is 1. The number of likely N-dealkylation sites (tertiary alicyclic amines) is 1. The zero-order chi connectivity index (χ0) is 21.0. The predicted octanol–water partition coefficient (Wildman–Crippen LogP) is 2.17. The van der Waals surface area contributed by atoms with Crippen molar-refractivity contribution in [2.45, 2.75) is 26.1 Å². The molecule has 2 atom stereocenters. The molecular weight excluding hydrogens is 372 g/mol. The first kappa shape index (κ1) is 20.8. The third kappa shape index (κ3) is 5.13. The van der Waals surface area contributed by atoms with Gasteiger partial charge in [-0.15, -0.1) is 0 Å². The molecule has 0 saturated carbocycles. The monoisotopic (exact) mass is 398 g/mol. The van der Waals surface area contributed by atoms with Gasteiger partial charge in [0.15, 0.2) is 0 Å². The second kappa shape index (κ2) is 9.07. The summed E-state index contributed by atoms with van der Waals surface area (Å²) in [5.74, 6) is -0.693. The Morgan fingerprint density at radius 3 is 2.62 bits per heavy atom. The molecule has 0 bridgehead atoms. The predicted molar refractivity (Wildman–Crippen MR) is 109 cm³/mol. The van der Waals surface area contributed by atoms with Gasteiger partial charge in [-0.2, -0.15) is 0 Å². The first-order valence-corrected chi connectivity index (χ1v) is 9.65. The maximum atomic E-state index is 12.8. The number of carbonyl (C=O) groups excluding carboxylic acids is 1. The molecule has 0 radical (unpaired) electrons. The van der Waals surface area contributed by atoms with Gasteiger partial charge in [0.1, 0.15) is 18.0 Å². The van der Waals surface area contributed by atoms with Gasteiger partial charge in [-0.1, -0.05) is 18.2 Å². The summed E-state index contributed by atoms with van der Waals surface area (Å²) < 4.78 is 5.80. The van der Waals surface area contributed by atoms with Crippen molar-refractivity contribution < 1.29 is 24.5 Å². The number of aliphatic hydroxyl groups is 1. The lowest BCUT2D eigenvalue weighted by atomic mass is 10.2. The summed E-state index contributed by atoms with van der Waals surface area (Å²) in [6.07, 6.45) is -1.29. The summed E-state index contributed by atoms with van der Waals surface area (Å²) in [6, 6.07) is 14.0. The minimum atomic E-state index is -1.04. The summed E-state index contributed by atoms with van der Waals surface area (Å²) in [6.45, 7) is 5.35. The highest BCUT2D eigenvalue weighted by molar-refractivity contribution is 5.94. The van der Waals surface area contributed by atoms with Crippen LogP contribution in [0.2, 0.25) is 0 Å². The maximum absolute atomic E-state index is 12.8. The number of aromatic carboxylic acids is 1. The van der Waals surface area contributed by atoms with Crippen molar-refractivity contribution in [2.24, 2.45) is 0 Å². The number of carbonyl (C=O) groups is 2. The molecule has 1 fully saturated rings. The number of likely N-dealkylation sites (N-methyl/N-ethyl adjacent to an activating group) is 1. The number of nitrogens with zero attached hydrogens (tertiary/aromatic N) is 2. The number of β-amino-alcohol motifs (C(OH)–C–C–N with tert-alkyl or cyclic N) is 1. The van der Waals surface area contributed by atoms with Gasteiger partial charge in [-0.25, -0.2) is 4.79 Å². The molecule has 2 aromatic carbocycles. The van der Waals surface area contributed by atoms with E-state index < -0.39 is 18.2 Å². The number of hydrogen-bond acceptors (Lipinski definition) is 5. The van der Waals surface area contributed by atoms with Crippen molar-refractivity contribution in [3.63, 3.8) is 0 Å². The van der Waals surface area contributed by atoms with E-state index in [9.17, 15) is 14.7 Å². The van der Waals surface area contributed by atoms with Crippen molar-refractivity contribution in [3.05, 3.63) is 59.7 Å². The van der Waals surface area contributed by atoms with Crippen molar-refractivity contribution in [1.29, 1.82) is 0 Å². The van der Waals surface area contributed by atoms with E-state index in [2.05, 4.69) is 0 Å². The van der Waals surface area contributed by atoms with E-state index in [-0.39, 0.29) is 18.0 Å². The second-order valence-electron chi connectivity index (χ2n) is 7.23. The Kier molecular flexibility index (Phi) is 6.51. The molecule has 2 aromatic rings. The first-order chi connectivity index (χ1) is 13.9. The Balaban J connectivity index is 1.62. The van der Waals surface area contributed by atoms with Gasteiger partial charge in [0.05, 0.1) is 12.1 Å². The number of aliphatic hydroxyl groups excluding tert-OH is 1. The van der Waals surface area contributed by atoms with Gasteiger partial charge >= 0.3 is 5.97 Å². The van der Waals surface area contributed by atoms with E-state index in [1.54, 1.807) is 17.0 Å². The lowest BCUT2D eigenvalue weighted by Crippen LogP contribution is -2.40. The normalized spacial score (nSPS) is 19.1. The number of anilines is 1. The smallest absolute Gasteiger partial charge is 0.335 e. The van der Waals surface area contributed by atoms with Crippen LogP contribution < -0.4 is 9.64 Å². The van der Waals surface area contributed by atoms with Crippen LogP contribution in [0, 0.1) is 6.92 Å². The van der Waals surface area contributed by atoms with Crippen LogP contribution in [-0.4, -0.2) is 65.4 Å². The van der Waals surface area contributed by atoms with E-state index in [1.807, 2.05) is 43.0 Å². The van der Waals surface area contributed by atoms with E-state index in [0.29, 0.717) is 25.4 Å². The Morgan fingerprint density at radius 2 is 1.93 bits per heavy atom. The van der Waals surface area contributed by atoms with E-state index in [0.717, 1.165) is 11.3 Å². The summed E-state index contributed by atoms with van der Waals surface area (Å²) in [4.78, 5) is 27.5. The number of amides is 1. The third-order valence-electron chi connectivity index (χ3n) is 4.97. The highest BCUT2D eigenvalue weighted by atomic mass is 16.5. The molecule has 0 unspecified atom stereocenters. The first-order valence-electron chi connectivity index (χ1n) is 9.65. The number of rotatable bonds is 7. The fraction of sp³-hybridized carbons (Fsp3) is 0.364. The van der Waals surface area contributed by atoms with Crippen LogP contribution in [-0.2, 0) is 4.79 Å². The Hall–Kier alpha value is -2.90. The molecule has 154 valence electrons. The number of hydrogen-bond donors (Lipinski definition) is 2. The summed E-state index contributed by atoms with van der Waals surface area (Å²) >= 11 is 0. The minimum Gasteiger partial charge on any atom is -0.486 e. The highest BCUT2D eigenvalue weighted by Gasteiger charge is 2.34. The van der Waals surface area contributed by atoms with Crippen LogP contribution >= 0.6 is 0 Å². The number of benzene rings is 2. The molecule has 7 heteroatoms. The molecule has 1 saturated heterocycles. The molecule has 0 aliphatic carbocycles. The molecule has 3 rings (SSSR count). The van der Waals surface area contributed by atoms with Gasteiger partial charge in [-0.05, 0) is 49.7 Å². The Bertz CT molecular complexity index is 885. The van der Waals surface area contributed by atoms with Crippen LogP contribution in [0.5, 0.6) is 5.75 Å². The van der Waals surface area contributed by atoms with Gasteiger partial charge in [0, 0.05) is 25.3 Å². The molecule has 0 spiro atoms. The lowest BCUT2D eigenvalue weighted by molar-refractivity contribution is -0.119. The van der Waals surface area contributed by atoms with Gasteiger partial charge < -0.3 is 19.8 Å². The maximum Gasteiger partial charge on any atom is 0.335 e. The fourth-order valence-corrected chi connectivity index (χ4v) is 3.53. The van der Waals surface area contributed by atoms with Crippen LogP contribution in [0.25, 0.3) is 0 Å². The largest absolute Gasteiger partial charge is 0.486 e. The average molecular weight is 398 g/mol. The van der Waals surface area contributed by atoms with Crippen LogP contribution in [0.3, 0.4) is 0 Å². The molecule has 2 N–H and O–H groups in total.